The fourth-order valence-electron chi connectivity index (χ4n) is 1.49. The van der Waals surface area contributed by atoms with Gasteiger partial charge in [-0.25, -0.2) is 4.98 Å². The van der Waals surface area contributed by atoms with Crippen LogP contribution in [0.2, 0.25) is 0 Å². The number of rotatable bonds is 0. The van der Waals surface area contributed by atoms with E-state index in [4.69, 9.17) is 10.2 Å². The smallest absolute Gasteiger partial charge is 0.229 e. The zero-order chi connectivity index (χ0) is 9.54. The highest BCUT2D eigenvalue weighted by atomic mass is 16.3. The number of furan rings is 1. The van der Waals surface area contributed by atoms with Crippen LogP contribution in [0.4, 0.5) is 5.69 Å². The van der Waals surface area contributed by atoms with Crippen molar-refractivity contribution in [1.29, 1.82) is 0 Å². The molecule has 0 spiro atoms. The van der Waals surface area contributed by atoms with Crippen molar-refractivity contribution in [3.8, 4) is 0 Å². The molecule has 0 amide bonds. The number of hydrogen-bond donors (Lipinski definition) is 1. The third-order valence-electron chi connectivity index (χ3n) is 2.12. The van der Waals surface area contributed by atoms with Gasteiger partial charge in [-0.1, -0.05) is 0 Å². The Hall–Kier alpha value is -2.17. The molecule has 0 aromatic carbocycles. The maximum absolute atomic E-state index is 5.82. The number of aromatic nitrogens is 3. The van der Waals surface area contributed by atoms with Gasteiger partial charge in [-0.05, 0) is 6.07 Å². The van der Waals surface area contributed by atoms with E-state index in [1.807, 2.05) is 0 Å². The molecule has 3 aromatic heterocycles. The first kappa shape index (κ1) is 7.25. The monoisotopic (exact) mass is 186 g/mol. The van der Waals surface area contributed by atoms with Gasteiger partial charge in [0.05, 0.1) is 23.2 Å². The van der Waals surface area contributed by atoms with Crippen LogP contribution in [-0.2, 0) is 0 Å². The summed E-state index contributed by atoms with van der Waals surface area (Å²) >= 11 is 0. The lowest BCUT2D eigenvalue weighted by Crippen LogP contribution is -1.86. The number of fused-ring (bicyclic) bond motifs is 3. The minimum absolute atomic E-state index is 0.523. The predicted octanol–water partition coefficient (Wildman–Crippen LogP) is 1.35. The van der Waals surface area contributed by atoms with Gasteiger partial charge >= 0.3 is 0 Å². The van der Waals surface area contributed by atoms with Crippen LogP contribution in [0.1, 0.15) is 0 Å². The molecule has 0 aliphatic rings. The second-order valence-corrected chi connectivity index (χ2v) is 2.95. The summed E-state index contributed by atoms with van der Waals surface area (Å²) in [6, 6.07) is 1.73. The number of nitrogens with zero attached hydrogens (tertiary/aromatic N) is 3. The summed E-state index contributed by atoms with van der Waals surface area (Å²) < 4.78 is 5.44. The van der Waals surface area contributed by atoms with E-state index >= 15 is 0 Å². The molecular weight excluding hydrogens is 180 g/mol. The summed E-state index contributed by atoms with van der Waals surface area (Å²) in [7, 11) is 0. The molecule has 5 heteroatoms. The molecule has 2 N–H and O–H groups in total. The fourth-order valence-corrected chi connectivity index (χ4v) is 1.49. The summed E-state index contributed by atoms with van der Waals surface area (Å²) in [6.07, 6.45) is 4.79. The second kappa shape index (κ2) is 2.41. The molecule has 0 bridgehead atoms. The van der Waals surface area contributed by atoms with E-state index in [9.17, 15) is 0 Å². The third-order valence-corrected chi connectivity index (χ3v) is 2.12. The molecule has 68 valence electrons. The standard InChI is InChI=1S/C9H6N4O/c10-6-1-2-11-9-8(6)5-3-12-13-4-7(5)14-9/h1-4H,(H2,10,11). The molecule has 0 unspecified atom stereocenters. The molecular formula is C9H6N4O. The molecule has 14 heavy (non-hydrogen) atoms. The maximum atomic E-state index is 5.82. The quantitative estimate of drug-likeness (QED) is 0.573. The lowest BCUT2D eigenvalue weighted by Gasteiger charge is -1.92. The van der Waals surface area contributed by atoms with Gasteiger partial charge in [-0.3, -0.25) is 0 Å². The Balaban J connectivity index is 2.65. The van der Waals surface area contributed by atoms with Crippen molar-refractivity contribution in [2.24, 2.45) is 0 Å². The van der Waals surface area contributed by atoms with Crippen molar-refractivity contribution < 1.29 is 4.42 Å². The molecule has 0 aliphatic heterocycles. The Kier molecular flexibility index (Phi) is 1.25. The highest BCUT2D eigenvalue weighted by Gasteiger charge is 2.09. The van der Waals surface area contributed by atoms with Crippen LogP contribution in [0.3, 0.4) is 0 Å². The molecule has 0 aliphatic carbocycles. The highest BCUT2D eigenvalue weighted by molar-refractivity contribution is 6.08. The van der Waals surface area contributed by atoms with Crippen molar-refractivity contribution in [1.82, 2.24) is 15.2 Å². The molecule has 0 saturated heterocycles. The van der Waals surface area contributed by atoms with Crippen molar-refractivity contribution >= 4 is 27.8 Å². The Labute approximate surface area is 78.6 Å². The van der Waals surface area contributed by atoms with E-state index in [0.29, 0.717) is 17.0 Å². The van der Waals surface area contributed by atoms with Gasteiger partial charge in [0.25, 0.3) is 0 Å². The van der Waals surface area contributed by atoms with Crippen molar-refractivity contribution in [3.63, 3.8) is 0 Å². The normalized spacial score (nSPS) is 11.1. The molecule has 0 atom stereocenters. The van der Waals surface area contributed by atoms with Gasteiger partial charge in [0.1, 0.15) is 0 Å². The Morgan fingerprint density at radius 1 is 1.21 bits per heavy atom. The van der Waals surface area contributed by atoms with Gasteiger partial charge in [-0.2, -0.15) is 10.2 Å². The lowest BCUT2D eigenvalue weighted by atomic mass is 10.2. The van der Waals surface area contributed by atoms with Crippen LogP contribution < -0.4 is 5.73 Å². The fraction of sp³-hybridized carbons (Fsp3) is 0. The molecule has 5 nitrogen and oxygen atoms in total. The average molecular weight is 186 g/mol. The van der Waals surface area contributed by atoms with Crippen molar-refractivity contribution in [2.45, 2.75) is 0 Å². The van der Waals surface area contributed by atoms with E-state index in [1.54, 1.807) is 24.7 Å². The average Bonchev–Trinajstić information content (AvgIpc) is 2.57. The van der Waals surface area contributed by atoms with Gasteiger partial charge < -0.3 is 10.2 Å². The third kappa shape index (κ3) is 0.806. The number of hydrogen-bond acceptors (Lipinski definition) is 5. The summed E-state index contributed by atoms with van der Waals surface area (Å²) in [5.74, 6) is 0. The minimum atomic E-state index is 0.523. The number of nitrogens with two attached hydrogens (primary N) is 1. The summed E-state index contributed by atoms with van der Waals surface area (Å²) in [5, 5.41) is 9.16. The largest absolute Gasteiger partial charge is 0.436 e. The van der Waals surface area contributed by atoms with Crippen LogP contribution in [0.5, 0.6) is 0 Å². The van der Waals surface area contributed by atoms with E-state index in [1.165, 1.54) is 0 Å². The van der Waals surface area contributed by atoms with Gasteiger partial charge in [0.2, 0.25) is 5.71 Å². The van der Waals surface area contributed by atoms with Crippen LogP contribution in [0.25, 0.3) is 22.1 Å². The molecule has 3 aromatic rings. The Bertz CT molecular complexity index is 616. The van der Waals surface area contributed by atoms with Crippen molar-refractivity contribution in [3.05, 3.63) is 24.7 Å². The molecule has 0 saturated carbocycles. The number of anilines is 1. The van der Waals surface area contributed by atoms with Gasteiger partial charge in [0, 0.05) is 11.9 Å². The zero-order valence-electron chi connectivity index (χ0n) is 7.14. The van der Waals surface area contributed by atoms with Crippen LogP contribution >= 0.6 is 0 Å². The number of nitrogen functional groups attached to an aromatic ring is 1. The number of pyridine rings is 1. The zero-order valence-corrected chi connectivity index (χ0v) is 7.14. The molecule has 3 heterocycles. The van der Waals surface area contributed by atoms with Crippen LogP contribution in [0, 0.1) is 0 Å². The van der Waals surface area contributed by atoms with E-state index in [0.717, 1.165) is 10.8 Å². The Morgan fingerprint density at radius 3 is 3.00 bits per heavy atom. The van der Waals surface area contributed by atoms with Crippen molar-refractivity contribution in [2.75, 3.05) is 5.73 Å². The SMILES string of the molecule is Nc1ccnc2oc3cnncc3c12. The first-order chi connectivity index (χ1) is 6.86. The van der Waals surface area contributed by atoms with E-state index < -0.39 is 0 Å². The molecule has 0 fully saturated rings. The second-order valence-electron chi connectivity index (χ2n) is 2.95. The van der Waals surface area contributed by atoms with Crippen LogP contribution in [-0.4, -0.2) is 15.2 Å². The highest BCUT2D eigenvalue weighted by Crippen LogP contribution is 2.29. The van der Waals surface area contributed by atoms with E-state index in [-0.39, 0.29) is 0 Å². The van der Waals surface area contributed by atoms with Gasteiger partial charge in [-0.15, -0.1) is 0 Å². The van der Waals surface area contributed by atoms with Crippen LogP contribution in [0.15, 0.2) is 29.1 Å². The molecule has 3 rings (SSSR count). The topological polar surface area (TPSA) is 77.8 Å². The van der Waals surface area contributed by atoms with Gasteiger partial charge in [0.15, 0.2) is 5.58 Å². The van der Waals surface area contributed by atoms with E-state index in [2.05, 4.69) is 15.2 Å². The lowest BCUT2D eigenvalue weighted by molar-refractivity contribution is 0.650. The predicted molar refractivity (Wildman–Crippen MR) is 51.5 cm³/mol. The summed E-state index contributed by atoms with van der Waals surface area (Å²) in [4.78, 5) is 4.08. The first-order valence-corrected chi connectivity index (χ1v) is 4.09. The minimum Gasteiger partial charge on any atom is -0.436 e. The maximum Gasteiger partial charge on any atom is 0.229 e. The summed E-state index contributed by atoms with van der Waals surface area (Å²) in [5.41, 5.74) is 7.64. The first-order valence-electron chi connectivity index (χ1n) is 4.09. The summed E-state index contributed by atoms with van der Waals surface area (Å²) in [6.45, 7) is 0. The Morgan fingerprint density at radius 2 is 2.07 bits per heavy atom. The molecule has 0 radical (unpaired) electrons.